The summed E-state index contributed by atoms with van der Waals surface area (Å²) in [4.78, 5) is 0. The molecule has 3 nitrogen and oxygen atoms in total. The zero-order valence-corrected chi connectivity index (χ0v) is 10.3. The molecule has 0 spiro atoms. The van der Waals surface area contributed by atoms with Crippen LogP contribution in [-0.2, 0) is 0 Å². The van der Waals surface area contributed by atoms with Gasteiger partial charge in [-0.05, 0) is 32.1 Å². The number of aliphatic hydroxyl groups excluding tert-OH is 1. The van der Waals surface area contributed by atoms with Gasteiger partial charge >= 0.3 is 6.18 Å². The van der Waals surface area contributed by atoms with Crippen LogP contribution in [-0.4, -0.2) is 42.6 Å². The molecule has 0 radical (unpaired) electrons. The molecule has 2 fully saturated rings. The molecule has 6 heteroatoms. The lowest BCUT2D eigenvalue weighted by Gasteiger charge is -2.36. The summed E-state index contributed by atoms with van der Waals surface area (Å²) in [5.41, 5.74) is 0. The Morgan fingerprint density at radius 1 is 1.00 bits per heavy atom. The van der Waals surface area contributed by atoms with E-state index in [-0.39, 0.29) is 31.2 Å². The van der Waals surface area contributed by atoms with Crippen LogP contribution < -0.4 is 10.6 Å². The van der Waals surface area contributed by atoms with E-state index in [0.29, 0.717) is 6.54 Å². The first-order valence-electron chi connectivity index (χ1n) is 6.66. The van der Waals surface area contributed by atoms with Gasteiger partial charge in [-0.25, -0.2) is 0 Å². The fraction of sp³-hybridized carbons (Fsp3) is 1.00. The van der Waals surface area contributed by atoms with Crippen LogP contribution in [0.4, 0.5) is 13.2 Å². The molecule has 0 bridgehead atoms. The average molecular weight is 266 g/mol. The van der Waals surface area contributed by atoms with Crippen LogP contribution in [0.5, 0.6) is 0 Å². The second kappa shape index (κ2) is 5.75. The van der Waals surface area contributed by atoms with Crippen LogP contribution in [0.15, 0.2) is 0 Å². The molecule has 0 aromatic rings. The number of hydrogen-bond acceptors (Lipinski definition) is 3. The highest BCUT2D eigenvalue weighted by Crippen LogP contribution is 2.31. The van der Waals surface area contributed by atoms with Gasteiger partial charge in [-0.15, -0.1) is 0 Å². The molecule has 1 aliphatic heterocycles. The number of rotatable bonds is 2. The van der Waals surface area contributed by atoms with Gasteiger partial charge in [0.1, 0.15) is 0 Å². The Morgan fingerprint density at radius 2 is 1.67 bits per heavy atom. The SMILES string of the molecule is OC1CCC(NC2CNCC(C(F)(F)F)C2)CC1. The Balaban J connectivity index is 1.79. The van der Waals surface area contributed by atoms with Crippen molar-refractivity contribution in [2.45, 2.75) is 56.5 Å². The number of aliphatic hydroxyl groups is 1. The van der Waals surface area contributed by atoms with Crippen LogP contribution in [0.1, 0.15) is 32.1 Å². The fourth-order valence-corrected chi connectivity index (χ4v) is 2.89. The maximum atomic E-state index is 12.6. The van der Waals surface area contributed by atoms with E-state index in [1.54, 1.807) is 0 Å². The molecule has 2 aliphatic rings. The molecule has 3 N–H and O–H groups in total. The largest absolute Gasteiger partial charge is 0.393 e. The minimum atomic E-state index is -4.10. The highest BCUT2D eigenvalue weighted by molar-refractivity contribution is 4.88. The smallest absolute Gasteiger partial charge is 0.393 e. The van der Waals surface area contributed by atoms with E-state index < -0.39 is 12.1 Å². The summed E-state index contributed by atoms with van der Waals surface area (Å²) in [6.07, 6.45) is -0.953. The van der Waals surface area contributed by atoms with Gasteiger partial charge in [-0.3, -0.25) is 0 Å². The van der Waals surface area contributed by atoms with Crippen molar-refractivity contribution in [2.24, 2.45) is 5.92 Å². The highest BCUT2D eigenvalue weighted by atomic mass is 19.4. The van der Waals surface area contributed by atoms with Crippen molar-refractivity contribution in [1.82, 2.24) is 10.6 Å². The van der Waals surface area contributed by atoms with Gasteiger partial charge in [0.25, 0.3) is 0 Å². The van der Waals surface area contributed by atoms with Gasteiger partial charge in [-0.1, -0.05) is 0 Å². The summed E-state index contributed by atoms with van der Waals surface area (Å²) in [5.74, 6) is -1.24. The lowest BCUT2D eigenvalue weighted by atomic mass is 9.90. The zero-order chi connectivity index (χ0) is 13.2. The Labute approximate surface area is 105 Å². The molecule has 0 aromatic heterocycles. The normalized spacial score (nSPS) is 38.7. The van der Waals surface area contributed by atoms with Crippen molar-refractivity contribution in [3.63, 3.8) is 0 Å². The monoisotopic (exact) mass is 266 g/mol. The second-order valence-electron chi connectivity index (χ2n) is 5.50. The molecule has 1 aliphatic carbocycles. The fourth-order valence-electron chi connectivity index (χ4n) is 2.89. The van der Waals surface area contributed by atoms with E-state index in [1.807, 2.05) is 0 Å². The molecular weight excluding hydrogens is 245 g/mol. The third kappa shape index (κ3) is 3.83. The molecular formula is C12H21F3N2O. The van der Waals surface area contributed by atoms with Crippen molar-refractivity contribution < 1.29 is 18.3 Å². The minimum absolute atomic E-state index is 0.0328. The Kier molecular flexibility index (Phi) is 4.50. The van der Waals surface area contributed by atoms with Crippen LogP contribution in [0.2, 0.25) is 0 Å². The Hall–Kier alpha value is -0.330. The number of hydrogen-bond donors (Lipinski definition) is 3. The van der Waals surface area contributed by atoms with Crippen LogP contribution >= 0.6 is 0 Å². The first kappa shape index (κ1) is 14.1. The van der Waals surface area contributed by atoms with Crippen LogP contribution in [0.3, 0.4) is 0 Å². The van der Waals surface area contributed by atoms with E-state index in [4.69, 9.17) is 0 Å². The molecule has 106 valence electrons. The zero-order valence-electron chi connectivity index (χ0n) is 10.3. The lowest BCUT2D eigenvalue weighted by Crippen LogP contribution is -2.53. The van der Waals surface area contributed by atoms with Gasteiger partial charge in [0.05, 0.1) is 12.0 Å². The van der Waals surface area contributed by atoms with Crippen molar-refractivity contribution in [1.29, 1.82) is 0 Å². The molecule has 2 rings (SSSR count). The van der Waals surface area contributed by atoms with E-state index in [1.165, 1.54) is 0 Å². The summed E-state index contributed by atoms with van der Waals surface area (Å²) in [7, 11) is 0. The van der Waals surface area contributed by atoms with Gasteiger partial charge in [-0.2, -0.15) is 13.2 Å². The second-order valence-corrected chi connectivity index (χ2v) is 5.50. The summed E-state index contributed by atoms with van der Waals surface area (Å²) in [5, 5.41) is 15.6. The number of piperidine rings is 1. The van der Waals surface area contributed by atoms with Gasteiger partial charge in [0.15, 0.2) is 0 Å². The van der Waals surface area contributed by atoms with Crippen molar-refractivity contribution in [3.05, 3.63) is 0 Å². The molecule has 1 heterocycles. The summed E-state index contributed by atoms with van der Waals surface area (Å²) in [6.45, 7) is 0.636. The molecule has 0 amide bonds. The molecule has 2 unspecified atom stereocenters. The van der Waals surface area contributed by atoms with Crippen LogP contribution in [0.25, 0.3) is 0 Å². The standard InChI is InChI=1S/C12H21F3N2O/c13-12(14,15)8-5-10(7-16-6-8)17-9-1-3-11(18)4-2-9/h8-11,16-18H,1-7H2. The maximum Gasteiger partial charge on any atom is 0.393 e. The minimum Gasteiger partial charge on any atom is -0.393 e. The third-order valence-electron chi connectivity index (χ3n) is 3.98. The topological polar surface area (TPSA) is 44.3 Å². The Bertz CT molecular complexity index is 265. The molecule has 0 aromatic carbocycles. The number of alkyl halides is 3. The van der Waals surface area contributed by atoms with E-state index >= 15 is 0 Å². The van der Waals surface area contributed by atoms with E-state index in [2.05, 4.69) is 10.6 Å². The molecule has 1 saturated carbocycles. The average Bonchev–Trinajstić information content (AvgIpc) is 2.31. The molecule has 2 atom stereocenters. The molecule has 1 saturated heterocycles. The lowest BCUT2D eigenvalue weighted by molar-refractivity contribution is -0.180. The summed E-state index contributed by atoms with van der Waals surface area (Å²) in [6, 6.07) is 0.151. The highest BCUT2D eigenvalue weighted by Gasteiger charge is 2.42. The first-order valence-corrected chi connectivity index (χ1v) is 6.66. The molecule has 18 heavy (non-hydrogen) atoms. The van der Waals surface area contributed by atoms with Crippen molar-refractivity contribution in [2.75, 3.05) is 13.1 Å². The van der Waals surface area contributed by atoms with Crippen molar-refractivity contribution in [3.8, 4) is 0 Å². The number of nitrogens with one attached hydrogen (secondary N) is 2. The van der Waals surface area contributed by atoms with Gasteiger partial charge < -0.3 is 15.7 Å². The van der Waals surface area contributed by atoms with Crippen molar-refractivity contribution >= 4 is 0 Å². The summed E-state index contributed by atoms with van der Waals surface area (Å²) < 4.78 is 37.9. The third-order valence-corrected chi connectivity index (χ3v) is 3.98. The maximum absolute atomic E-state index is 12.6. The van der Waals surface area contributed by atoms with Crippen LogP contribution in [0, 0.1) is 5.92 Å². The predicted molar refractivity (Wildman–Crippen MR) is 62.2 cm³/mol. The first-order chi connectivity index (χ1) is 8.45. The van der Waals surface area contributed by atoms with E-state index in [0.717, 1.165) is 25.7 Å². The summed E-state index contributed by atoms with van der Waals surface area (Å²) >= 11 is 0. The number of halogens is 3. The quantitative estimate of drug-likeness (QED) is 0.708. The predicted octanol–water partition coefficient (Wildman–Crippen LogP) is 1.42. The van der Waals surface area contributed by atoms with E-state index in [9.17, 15) is 18.3 Å². The van der Waals surface area contributed by atoms with Gasteiger partial charge in [0.2, 0.25) is 0 Å². The van der Waals surface area contributed by atoms with Gasteiger partial charge in [0, 0.05) is 25.2 Å². The Morgan fingerprint density at radius 3 is 2.28 bits per heavy atom.